The minimum Gasteiger partial charge on any atom is -0.378 e. The van der Waals surface area contributed by atoms with E-state index in [2.05, 4.69) is 20.3 Å². The number of benzene rings is 1. The van der Waals surface area contributed by atoms with Crippen molar-refractivity contribution in [2.24, 2.45) is 0 Å². The average Bonchev–Trinajstić information content (AvgIpc) is 2.73. The molecule has 9 heteroatoms. The molecule has 2 aromatic heterocycles. The van der Waals surface area contributed by atoms with Crippen molar-refractivity contribution in [3.63, 3.8) is 0 Å². The quantitative estimate of drug-likeness (QED) is 0.684. The predicted octanol–water partition coefficient (Wildman–Crippen LogP) is 0.560. The summed E-state index contributed by atoms with van der Waals surface area (Å²) in [5.41, 5.74) is 0.105. The van der Waals surface area contributed by atoms with Gasteiger partial charge in [0.25, 0.3) is 11.1 Å². The van der Waals surface area contributed by atoms with Crippen LogP contribution in [0.4, 0.5) is 11.5 Å². The van der Waals surface area contributed by atoms with E-state index >= 15 is 0 Å². The number of rotatable bonds is 4. The Labute approximate surface area is 159 Å². The van der Waals surface area contributed by atoms with Crippen LogP contribution in [0.2, 0.25) is 0 Å². The van der Waals surface area contributed by atoms with E-state index in [0.717, 1.165) is 23.5 Å². The van der Waals surface area contributed by atoms with Crippen LogP contribution in [0.25, 0.3) is 10.8 Å². The van der Waals surface area contributed by atoms with Crippen LogP contribution in [-0.4, -0.2) is 47.0 Å². The number of aromatic nitrogens is 3. The third-order valence-electron chi connectivity index (χ3n) is 4.58. The SMILES string of the molecule is O=C(Cn1[nH]c(=O)c2ccccc2c1=O)Nc1ccc(N2CCOCC2)cn1. The summed E-state index contributed by atoms with van der Waals surface area (Å²) in [4.78, 5) is 43.3. The van der Waals surface area contributed by atoms with E-state index in [1.165, 1.54) is 0 Å². The lowest BCUT2D eigenvalue weighted by molar-refractivity contribution is -0.117. The number of carbonyl (C=O) groups excluding carboxylic acids is 1. The molecule has 144 valence electrons. The second-order valence-corrected chi connectivity index (χ2v) is 6.43. The van der Waals surface area contributed by atoms with Gasteiger partial charge in [-0.3, -0.25) is 19.5 Å². The Kier molecular flexibility index (Phi) is 4.90. The van der Waals surface area contributed by atoms with Gasteiger partial charge in [0.2, 0.25) is 5.91 Å². The summed E-state index contributed by atoms with van der Waals surface area (Å²) < 4.78 is 6.33. The maximum absolute atomic E-state index is 12.5. The van der Waals surface area contributed by atoms with Crippen molar-refractivity contribution >= 4 is 28.2 Å². The first kappa shape index (κ1) is 17.9. The number of anilines is 2. The second kappa shape index (κ2) is 7.65. The van der Waals surface area contributed by atoms with Gasteiger partial charge in [0.05, 0.1) is 35.9 Å². The van der Waals surface area contributed by atoms with E-state index in [-0.39, 0.29) is 11.9 Å². The standard InChI is InChI=1S/C19H19N5O4/c25-17(12-24-19(27)15-4-2-1-3-14(15)18(26)22-24)21-16-6-5-13(11-20-16)23-7-9-28-10-8-23/h1-6,11H,7-10,12H2,(H,22,26)(H,20,21,25). The van der Waals surface area contributed by atoms with Gasteiger partial charge in [-0.15, -0.1) is 0 Å². The fraction of sp³-hybridized carbons (Fsp3) is 0.263. The zero-order valence-corrected chi connectivity index (χ0v) is 15.1. The Morgan fingerprint density at radius 1 is 1.11 bits per heavy atom. The van der Waals surface area contributed by atoms with Crippen molar-refractivity contribution in [2.75, 3.05) is 36.5 Å². The number of nitrogens with one attached hydrogen (secondary N) is 2. The fourth-order valence-electron chi connectivity index (χ4n) is 3.15. The van der Waals surface area contributed by atoms with Gasteiger partial charge in [0.1, 0.15) is 12.4 Å². The number of hydrogen-bond acceptors (Lipinski definition) is 6. The zero-order chi connectivity index (χ0) is 19.5. The summed E-state index contributed by atoms with van der Waals surface area (Å²) in [6.45, 7) is 2.64. The van der Waals surface area contributed by atoms with Crippen LogP contribution in [-0.2, 0) is 16.1 Å². The van der Waals surface area contributed by atoms with Crippen LogP contribution in [0.1, 0.15) is 0 Å². The number of carbonyl (C=O) groups is 1. The van der Waals surface area contributed by atoms with E-state index in [1.807, 2.05) is 6.07 Å². The number of hydrogen-bond donors (Lipinski definition) is 2. The van der Waals surface area contributed by atoms with Crippen molar-refractivity contribution in [2.45, 2.75) is 6.54 Å². The zero-order valence-electron chi connectivity index (χ0n) is 15.1. The first-order chi connectivity index (χ1) is 13.6. The number of amides is 1. The van der Waals surface area contributed by atoms with Gasteiger partial charge in [0.15, 0.2) is 0 Å². The summed E-state index contributed by atoms with van der Waals surface area (Å²) in [5.74, 6) is -0.0853. The molecule has 0 unspecified atom stereocenters. The molecule has 0 aliphatic carbocycles. The molecule has 3 aromatic rings. The maximum atomic E-state index is 12.5. The molecule has 1 fully saturated rings. The van der Waals surface area contributed by atoms with E-state index in [0.29, 0.717) is 24.4 Å². The molecule has 1 amide bonds. The maximum Gasteiger partial charge on any atom is 0.273 e. The highest BCUT2D eigenvalue weighted by Gasteiger charge is 2.13. The van der Waals surface area contributed by atoms with Gasteiger partial charge in [-0.05, 0) is 24.3 Å². The molecule has 28 heavy (non-hydrogen) atoms. The summed E-state index contributed by atoms with van der Waals surface area (Å²) in [7, 11) is 0. The highest BCUT2D eigenvalue weighted by atomic mass is 16.5. The molecule has 0 bridgehead atoms. The molecule has 3 heterocycles. The number of pyridine rings is 1. The van der Waals surface area contributed by atoms with Crippen molar-refractivity contribution < 1.29 is 9.53 Å². The third kappa shape index (κ3) is 3.65. The molecule has 0 spiro atoms. The first-order valence-electron chi connectivity index (χ1n) is 8.92. The Morgan fingerprint density at radius 2 is 1.86 bits per heavy atom. The summed E-state index contributed by atoms with van der Waals surface area (Å²) in [6, 6.07) is 10.1. The topological polar surface area (TPSA) is 109 Å². The van der Waals surface area contributed by atoms with Crippen molar-refractivity contribution in [1.29, 1.82) is 0 Å². The molecule has 1 saturated heterocycles. The molecule has 9 nitrogen and oxygen atoms in total. The van der Waals surface area contributed by atoms with Gasteiger partial charge in [0, 0.05) is 13.1 Å². The van der Waals surface area contributed by atoms with Crippen LogP contribution < -0.4 is 21.3 Å². The fourth-order valence-corrected chi connectivity index (χ4v) is 3.15. The number of H-pyrrole nitrogens is 1. The lowest BCUT2D eigenvalue weighted by atomic mass is 10.2. The van der Waals surface area contributed by atoms with Crippen molar-refractivity contribution in [3.05, 3.63) is 63.3 Å². The third-order valence-corrected chi connectivity index (χ3v) is 4.58. The summed E-state index contributed by atoms with van der Waals surface area (Å²) >= 11 is 0. The number of aromatic amines is 1. The van der Waals surface area contributed by atoms with Crippen LogP contribution in [0.3, 0.4) is 0 Å². The first-order valence-corrected chi connectivity index (χ1v) is 8.92. The monoisotopic (exact) mass is 381 g/mol. The van der Waals surface area contributed by atoms with E-state index in [9.17, 15) is 14.4 Å². The average molecular weight is 381 g/mol. The van der Waals surface area contributed by atoms with Gasteiger partial charge in [-0.1, -0.05) is 12.1 Å². The molecule has 0 atom stereocenters. The van der Waals surface area contributed by atoms with E-state index in [4.69, 9.17) is 4.74 Å². The van der Waals surface area contributed by atoms with Gasteiger partial charge in [-0.25, -0.2) is 9.67 Å². The Morgan fingerprint density at radius 3 is 2.57 bits per heavy atom. The Balaban J connectivity index is 1.47. The van der Waals surface area contributed by atoms with E-state index in [1.54, 1.807) is 36.5 Å². The van der Waals surface area contributed by atoms with Crippen molar-refractivity contribution in [1.82, 2.24) is 14.8 Å². The summed E-state index contributed by atoms with van der Waals surface area (Å²) in [6.07, 6.45) is 1.69. The normalized spacial score (nSPS) is 14.2. The van der Waals surface area contributed by atoms with E-state index < -0.39 is 17.0 Å². The predicted molar refractivity (Wildman–Crippen MR) is 105 cm³/mol. The molecular formula is C19H19N5O4. The largest absolute Gasteiger partial charge is 0.378 e. The molecule has 1 aliphatic heterocycles. The van der Waals surface area contributed by atoms with Crippen LogP contribution >= 0.6 is 0 Å². The van der Waals surface area contributed by atoms with Crippen LogP contribution in [0, 0.1) is 0 Å². The number of morpholine rings is 1. The highest BCUT2D eigenvalue weighted by Crippen LogP contribution is 2.16. The van der Waals surface area contributed by atoms with Gasteiger partial charge in [-0.2, -0.15) is 0 Å². The molecule has 1 aromatic carbocycles. The molecule has 0 radical (unpaired) electrons. The minimum atomic E-state index is -0.459. The van der Waals surface area contributed by atoms with Gasteiger partial charge >= 0.3 is 0 Å². The minimum absolute atomic E-state index is 0.270. The number of nitrogens with zero attached hydrogens (tertiary/aromatic N) is 3. The molecular weight excluding hydrogens is 362 g/mol. The molecule has 4 rings (SSSR count). The lowest BCUT2D eigenvalue weighted by Gasteiger charge is -2.28. The molecule has 1 aliphatic rings. The number of fused-ring (bicyclic) bond motifs is 1. The van der Waals surface area contributed by atoms with Gasteiger partial charge < -0.3 is 15.0 Å². The Bertz CT molecular complexity index is 1110. The lowest BCUT2D eigenvalue weighted by Crippen LogP contribution is -2.36. The molecule has 0 saturated carbocycles. The molecule has 2 N–H and O–H groups in total. The summed E-state index contributed by atoms with van der Waals surface area (Å²) in [5, 5.41) is 5.64. The van der Waals surface area contributed by atoms with Crippen LogP contribution in [0.5, 0.6) is 0 Å². The smallest absolute Gasteiger partial charge is 0.273 e. The van der Waals surface area contributed by atoms with Crippen molar-refractivity contribution in [3.8, 4) is 0 Å². The second-order valence-electron chi connectivity index (χ2n) is 6.43. The highest BCUT2D eigenvalue weighted by molar-refractivity contribution is 5.90. The Hall–Kier alpha value is -3.46. The van der Waals surface area contributed by atoms with Crippen LogP contribution in [0.15, 0.2) is 52.2 Å². The number of ether oxygens (including phenoxy) is 1.